The molecule has 0 heterocycles. The highest BCUT2D eigenvalue weighted by atomic mass is 32.2. The molecule has 122 valence electrons. The van der Waals surface area contributed by atoms with Crippen LogP contribution in [0.25, 0.3) is 0 Å². The summed E-state index contributed by atoms with van der Waals surface area (Å²) in [4.78, 5) is 23.0. The van der Waals surface area contributed by atoms with E-state index in [9.17, 15) is 9.59 Å². The lowest BCUT2D eigenvalue weighted by Gasteiger charge is -2.20. The SMILES string of the molecule is CC(=O)SC(CCCNC(=O)OC(C)(C)C)c1ccccc1. The number of amides is 1. The Labute approximate surface area is 137 Å². The van der Waals surface area contributed by atoms with Gasteiger partial charge in [0, 0.05) is 18.7 Å². The van der Waals surface area contributed by atoms with Gasteiger partial charge in [0.1, 0.15) is 5.60 Å². The lowest BCUT2D eigenvalue weighted by molar-refractivity contribution is -0.109. The Bertz CT molecular complexity index is 482. The minimum atomic E-state index is -0.485. The Balaban J connectivity index is 2.42. The number of rotatable bonds is 6. The number of hydrogen-bond acceptors (Lipinski definition) is 4. The van der Waals surface area contributed by atoms with E-state index in [4.69, 9.17) is 4.74 Å². The summed E-state index contributed by atoms with van der Waals surface area (Å²) in [5, 5.41) is 2.97. The van der Waals surface area contributed by atoms with E-state index in [2.05, 4.69) is 5.32 Å². The molecular formula is C17H25NO3S. The van der Waals surface area contributed by atoms with Crippen LogP contribution in [-0.4, -0.2) is 23.4 Å². The summed E-state index contributed by atoms with van der Waals surface area (Å²) in [6.45, 7) is 7.63. The molecule has 4 nitrogen and oxygen atoms in total. The number of hydrogen-bond donors (Lipinski definition) is 1. The Hall–Kier alpha value is -1.49. The number of carbonyl (C=O) groups excluding carboxylic acids is 2. The summed E-state index contributed by atoms with van der Waals surface area (Å²) < 4.78 is 5.18. The summed E-state index contributed by atoms with van der Waals surface area (Å²) in [6, 6.07) is 9.97. The van der Waals surface area contributed by atoms with E-state index in [0.29, 0.717) is 6.54 Å². The lowest BCUT2D eigenvalue weighted by atomic mass is 10.1. The molecule has 0 fully saturated rings. The summed E-state index contributed by atoms with van der Waals surface area (Å²) in [6.07, 6.45) is 1.21. The Kier molecular flexibility index (Phi) is 7.45. The van der Waals surface area contributed by atoms with Crippen molar-refractivity contribution >= 4 is 23.0 Å². The van der Waals surface area contributed by atoms with Crippen molar-refractivity contribution in [3.8, 4) is 0 Å². The van der Waals surface area contributed by atoms with Crippen LogP contribution in [0.1, 0.15) is 51.3 Å². The van der Waals surface area contributed by atoms with Crippen LogP contribution in [-0.2, 0) is 9.53 Å². The third kappa shape index (κ3) is 8.08. The fourth-order valence-electron chi connectivity index (χ4n) is 1.95. The first-order chi connectivity index (χ1) is 10.3. The predicted molar refractivity (Wildman–Crippen MR) is 90.9 cm³/mol. The molecule has 1 aromatic rings. The molecule has 1 atom stereocenters. The fourth-order valence-corrected chi connectivity index (χ4v) is 2.93. The summed E-state index contributed by atoms with van der Waals surface area (Å²) in [5.41, 5.74) is 0.654. The quantitative estimate of drug-likeness (QED) is 0.793. The highest BCUT2D eigenvalue weighted by Gasteiger charge is 2.17. The number of ether oxygens (including phenoxy) is 1. The second-order valence-electron chi connectivity index (χ2n) is 6.08. The predicted octanol–water partition coefficient (Wildman–Crippen LogP) is 4.31. The average molecular weight is 323 g/mol. The van der Waals surface area contributed by atoms with Crippen molar-refractivity contribution in [1.29, 1.82) is 0 Å². The molecule has 1 aromatic carbocycles. The van der Waals surface area contributed by atoms with Gasteiger partial charge in [-0.2, -0.15) is 0 Å². The minimum Gasteiger partial charge on any atom is -0.444 e. The highest BCUT2D eigenvalue weighted by Crippen LogP contribution is 2.33. The van der Waals surface area contributed by atoms with Crippen molar-refractivity contribution in [3.63, 3.8) is 0 Å². The maximum Gasteiger partial charge on any atom is 0.407 e. The largest absolute Gasteiger partial charge is 0.444 e. The van der Waals surface area contributed by atoms with E-state index in [0.717, 1.165) is 18.4 Å². The zero-order chi connectivity index (χ0) is 16.6. The van der Waals surface area contributed by atoms with Gasteiger partial charge in [0.25, 0.3) is 0 Å². The summed E-state index contributed by atoms with van der Waals surface area (Å²) >= 11 is 1.34. The van der Waals surface area contributed by atoms with Crippen LogP contribution in [0.5, 0.6) is 0 Å². The maximum atomic E-state index is 11.6. The molecule has 0 aromatic heterocycles. The van der Waals surface area contributed by atoms with Gasteiger partial charge in [-0.25, -0.2) is 4.79 Å². The molecule has 1 N–H and O–H groups in total. The summed E-state index contributed by atoms with van der Waals surface area (Å²) in [5.74, 6) is 0. The molecule has 0 spiro atoms. The van der Waals surface area contributed by atoms with Crippen molar-refractivity contribution in [2.24, 2.45) is 0 Å². The fraction of sp³-hybridized carbons (Fsp3) is 0.529. The zero-order valence-corrected chi connectivity index (χ0v) is 14.5. The van der Waals surface area contributed by atoms with Crippen molar-refractivity contribution in [3.05, 3.63) is 35.9 Å². The lowest BCUT2D eigenvalue weighted by Crippen LogP contribution is -2.33. The molecule has 0 radical (unpaired) electrons. The summed E-state index contributed by atoms with van der Waals surface area (Å²) in [7, 11) is 0. The molecule has 5 heteroatoms. The number of alkyl carbamates (subject to hydrolysis) is 1. The molecule has 0 aliphatic heterocycles. The van der Waals surface area contributed by atoms with Crippen LogP contribution < -0.4 is 5.32 Å². The van der Waals surface area contributed by atoms with Gasteiger partial charge in [0.15, 0.2) is 5.12 Å². The molecule has 1 unspecified atom stereocenters. The molecule has 0 saturated carbocycles. The molecule has 0 bridgehead atoms. The van der Waals surface area contributed by atoms with Crippen LogP contribution in [0.15, 0.2) is 30.3 Å². The molecule has 0 saturated heterocycles. The first kappa shape index (κ1) is 18.6. The first-order valence-corrected chi connectivity index (χ1v) is 8.35. The van der Waals surface area contributed by atoms with Crippen LogP contribution >= 0.6 is 11.8 Å². The normalized spacial score (nSPS) is 12.5. The molecule has 0 aliphatic rings. The molecule has 22 heavy (non-hydrogen) atoms. The van der Waals surface area contributed by atoms with E-state index >= 15 is 0 Å². The van der Waals surface area contributed by atoms with Crippen LogP contribution in [0.4, 0.5) is 4.79 Å². The van der Waals surface area contributed by atoms with Gasteiger partial charge in [-0.1, -0.05) is 42.1 Å². The first-order valence-electron chi connectivity index (χ1n) is 7.47. The smallest absolute Gasteiger partial charge is 0.407 e. The minimum absolute atomic E-state index is 0.106. The van der Waals surface area contributed by atoms with E-state index in [1.54, 1.807) is 6.92 Å². The van der Waals surface area contributed by atoms with Gasteiger partial charge in [-0.3, -0.25) is 4.79 Å². The van der Waals surface area contributed by atoms with Crippen LogP contribution in [0, 0.1) is 0 Å². The Morgan fingerprint density at radius 2 is 1.86 bits per heavy atom. The van der Waals surface area contributed by atoms with E-state index in [1.807, 2.05) is 51.1 Å². The monoisotopic (exact) mass is 323 g/mol. The van der Waals surface area contributed by atoms with Crippen molar-refractivity contribution < 1.29 is 14.3 Å². The Morgan fingerprint density at radius 1 is 1.23 bits per heavy atom. The van der Waals surface area contributed by atoms with Gasteiger partial charge in [-0.15, -0.1) is 0 Å². The van der Waals surface area contributed by atoms with Gasteiger partial charge >= 0.3 is 6.09 Å². The molecule has 1 amide bonds. The number of carbonyl (C=O) groups is 2. The topological polar surface area (TPSA) is 55.4 Å². The van der Waals surface area contributed by atoms with Gasteiger partial charge in [-0.05, 0) is 39.2 Å². The van der Waals surface area contributed by atoms with Crippen LogP contribution in [0.3, 0.4) is 0 Å². The van der Waals surface area contributed by atoms with Crippen molar-refractivity contribution in [2.75, 3.05) is 6.54 Å². The molecular weight excluding hydrogens is 298 g/mol. The Morgan fingerprint density at radius 3 is 2.41 bits per heavy atom. The van der Waals surface area contributed by atoms with E-state index in [1.165, 1.54) is 11.8 Å². The van der Waals surface area contributed by atoms with Crippen molar-refractivity contribution in [1.82, 2.24) is 5.32 Å². The third-order valence-corrected chi connectivity index (χ3v) is 3.92. The van der Waals surface area contributed by atoms with Gasteiger partial charge in [0.2, 0.25) is 0 Å². The van der Waals surface area contributed by atoms with E-state index in [-0.39, 0.29) is 10.4 Å². The average Bonchev–Trinajstić information content (AvgIpc) is 2.41. The zero-order valence-electron chi connectivity index (χ0n) is 13.7. The van der Waals surface area contributed by atoms with Gasteiger partial charge < -0.3 is 10.1 Å². The van der Waals surface area contributed by atoms with E-state index < -0.39 is 11.7 Å². The van der Waals surface area contributed by atoms with Crippen LogP contribution in [0.2, 0.25) is 0 Å². The van der Waals surface area contributed by atoms with Crippen molar-refractivity contribution in [2.45, 2.75) is 51.4 Å². The number of benzene rings is 1. The molecule has 0 aliphatic carbocycles. The maximum absolute atomic E-state index is 11.6. The standard InChI is InChI=1S/C17H25NO3S/c1-13(19)22-15(14-9-6-5-7-10-14)11-8-12-18-16(20)21-17(2,3)4/h5-7,9-10,15H,8,11-12H2,1-4H3,(H,18,20). The highest BCUT2D eigenvalue weighted by molar-refractivity contribution is 8.13. The third-order valence-electron chi connectivity index (χ3n) is 2.79. The number of thioether (sulfide) groups is 1. The van der Waals surface area contributed by atoms with Gasteiger partial charge in [0.05, 0.1) is 0 Å². The molecule has 1 rings (SSSR count). The second kappa shape index (κ2) is 8.83. The number of nitrogens with one attached hydrogen (secondary N) is 1. The second-order valence-corrected chi connectivity index (χ2v) is 7.46.